The van der Waals surface area contributed by atoms with Gasteiger partial charge in [-0.3, -0.25) is 5.10 Å². The number of aryl methyl sites for hydroxylation is 1. The summed E-state index contributed by atoms with van der Waals surface area (Å²) in [5.41, 5.74) is 0.956. The first-order chi connectivity index (χ1) is 7.83. The molecule has 0 spiro atoms. The Kier molecular flexibility index (Phi) is 2.27. The van der Waals surface area contributed by atoms with E-state index in [0.717, 1.165) is 23.0 Å². The van der Waals surface area contributed by atoms with E-state index in [9.17, 15) is 0 Å². The number of aromatic nitrogens is 3. The second kappa shape index (κ2) is 3.77. The minimum absolute atomic E-state index is 0.578. The first-order valence-electron chi connectivity index (χ1n) is 5.81. The molecule has 0 aromatic carbocycles. The van der Waals surface area contributed by atoms with Crippen LogP contribution in [0.1, 0.15) is 43.2 Å². The van der Waals surface area contributed by atoms with Crippen molar-refractivity contribution < 1.29 is 4.42 Å². The van der Waals surface area contributed by atoms with Gasteiger partial charge in [0.05, 0.1) is 5.56 Å². The zero-order valence-electron chi connectivity index (χ0n) is 9.36. The Bertz CT molecular complexity index is 480. The van der Waals surface area contributed by atoms with E-state index < -0.39 is 0 Å². The van der Waals surface area contributed by atoms with Gasteiger partial charge >= 0.3 is 0 Å². The van der Waals surface area contributed by atoms with Crippen molar-refractivity contribution >= 4 is 0 Å². The van der Waals surface area contributed by atoms with Gasteiger partial charge < -0.3 is 4.42 Å². The van der Waals surface area contributed by atoms with Crippen LogP contribution >= 0.6 is 0 Å². The molecule has 1 fully saturated rings. The van der Waals surface area contributed by atoms with Crippen molar-refractivity contribution in [3.05, 3.63) is 23.9 Å². The fourth-order valence-electron chi connectivity index (χ4n) is 2.35. The SMILES string of the molecule is Cc1cc(-c2n[nH]c(C3CCCC3)n2)co1. The number of furan rings is 1. The quantitative estimate of drug-likeness (QED) is 0.841. The monoisotopic (exact) mass is 217 g/mol. The lowest BCUT2D eigenvalue weighted by atomic mass is 10.1. The third-order valence-corrected chi connectivity index (χ3v) is 3.23. The summed E-state index contributed by atoms with van der Waals surface area (Å²) in [6.07, 6.45) is 6.80. The van der Waals surface area contributed by atoms with Crippen molar-refractivity contribution in [2.45, 2.75) is 38.5 Å². The van der Waals surface area contributed by atoms with Crippen LogP contribution in [0.2, 0.25) is 0 Å². The second-order valence-electron chi connectivity index (χ2n) is 4.47. The molecule has 0 amide bonds. The second-order valence-corrected chi connectivity index (χ2v) is 4.47. The Hall–Kier alpha value is -1.58. The molecule has 1 aliphatic rings. The van der Waals surface area contributed by atoms with Crippen LogP contribution in [0.25, 0.3) is 11.4 Å². The van der Waals surface area contributed by atoms with Crippen molar-refractivity contribution in [2.75, 3.05) is 0 Å². The number of aromatic amines is 1. The van der Waals surface area contributed by atoms with Gasteiger partial charge in [-0.2, -0.15) is 5.10 Å². The number of nitrogens with one attached hydrogen (secondary N) is 1. The van der Waals surface area contributed by atoms with Gasteiger partial charge in [-0.1, -0.05) is 12.8 Å². The molecular weight excluding hydrogens is 202 g/mol. The van der Waals surface area contributed by atoms with Crippen LogP contribution in [0.5, 0.6) is 0 Å². The fourth-order valence-corrected chi connectivity index (χ4v) is 2.35. The van der Waals surface area contributed by atoms with E-state index in [1.807, 2.05) is 13.0 Å². The first kappa shape index (κ1) is 9.63. The highest BCUT2D eigenvalue weighted by Gasteiger charge is 2.21. The van der Waals surface area contributed by atoms with Gasteiger partial charge in [0.25, 0.3) is 0 Å². The summed E-state index contributed by atoms with van der Waals surface area (Å²) in [7, 11) is 0. The Morgan fingerprint density at radius 1 is 1.38 bits per heavy atom. The molecule has 0 saturated heterocycles. The maximum atomic E-state index is 5.26. The third-order valence-electron chi connectivity index (χ3n) is 3.23. The summed E-state index contributed by atoms with van der Waals surface area (Å²) in [4.78, 5) is 4.55. The normalized spacial score (nSPS) is 17.1. The van der Waals surface area contributed by atoms with Crippen molar-refractivity contribution in [2.24, 2.45) is 0 Å². The molecule has 1 aliphatic carbocycles. The molecular formula is C12H15N3O. The summed E-state index contributed by atoms with van der Waals surface area (Å²) in [6, 6.07) is 1.96. The highest BCUT2D eigenvalue weighted by Crippen LogP contribution is 2.32. The number of H-pyrrole nitrogens is 1. The minimum atomic E-state index is 0.578. The molecule has 3 rings (SSSR count). The lowest BCUT2D eigenvalue weighted by molar-refractivity contribution is 0.534. The molecule has 1 N–H and O–H groups in total. The number of rotatable bonds is 2. The van der Waals surface area contributed by atoms with Crippen LogP contribution in [0.3, 0.4) is 0 Å². The Labute approximate surface area is 94.1 Å². The van der Waals surface area contributed by atoms with Crippen molar-refractivity contribution in [1.82, 2.24) is 15.2 Å². The van der Waals surface area contributed by atoms with Crippen molar-refractivity contribution in [3.8, 4) is 11.4 Å². The van der Waals surface area contributed by atoms with E-state index in [1.165, 1.54) is 25.7 Å². The molecule has 2 heterocycles. The van der Waals surface area contributed by atoms with Crippen LogP contribution in [0.15, 0.2) is 16.7 Å². The summed E-state index contributed by atoms with van der Waals surface area (Å²) >= 11 is 0. The van der Waals surface area contributed by atoms with Gasteiger partial charge in [-0.05, 0) is 25.8 Å². The van der Waals surface area contributed by atoms with Gasteiger partial charge in [0.1, 0.15) is 17.8 Å². The van der Waals surface area contributed by atoms with Crippen LogP contribution in [0.4, 0.5) is 0 Å². The summed E-state index contributed by atoms with van der Waals surface area (Å²) < 4.78 is 5.26. The smallest absolute Gasteiger partial charge is 0.184 e. The average Bonchev–Trinajstić information content (AvgIpc) is 2.97. The van der Waals surface area contributed by atoms with E-state index in [1.54, 1.807) is 6.26 Å². The number of hydrogen-bond donors (Lipinski definition) is 1. The summed E-state index contributed by atoms with van der Waals surface area (Å²) in [5, 5.41) is 7.30. The van der Waals surface area contributed by atoms with Crippen LogP contribution in [-0.4, -0.2) is 15.2 Å². The molecule has 16 heavy (non-hydrogen) atoms. The average molecular weight is 217 g/mol. The van der Waals surface area contributed by atoms with E-state index in [-0.39, 0.29) is 0 Å². The van der Waals surface area contributed by atoms with Crippen LogP contribution < -0.4 is 0 Å². The third kappa shape index (κ3) is 1.64. The van der Waals surface area contributed by atoms with Crippen molar-refractivity contribution in [3.63, 3.8) is 0 Å². The molecule has 0 radical (unpaired) electrons. The highest BCUT2D eigenvalue weighted by atomic mass is 16.3. The first-order valence-corrected chi connectivity index (χ1v) is 5.81. The molecule has 0 aliphatic heterocycles. The standard InChI is InChI=1S/C12H15N3O/c1-8-6-10(7-16-8)12-13-11(14-15-12)9-4-2-3-5-9/h6-7,9H,2-5H2,1H3,(H,13,14,15). The zero-order valence-corrected chi connectivity index (χ0v) is 9.36. The molecule has 2 aromatic rings. The number of nitrogens with zero attached hydrogens (tertiary/aromatic N) is 2. The molecule has 0 bridgehead atoms. The van der Waals surface area contributed by atoms with Crippen molar-refractivity contribution in [1.29, 1.82) is 0 Å². The Morgan fingerprint density at radius 3 is 2.88 bits per heavy atom. The molecule has 0 atom stereocenters. The summed E-state index contributed by atoms with van der Waals surface area (Å²) in [5.74, 6) is 3.25. The minimum Gasteiger partial charge on any atom is -0.469 e. The Morgan fingerprint density at radius 2 is 2.19 bits per heavy atom. The topological polar surface area (TPSA) is 54.7 Å². The molecule has 0 unspecified atom stereocenters. The molecule has 2 aromatic heterocycles. The number of hydrogen-bond acceptors (Lipinski definition) is 3. The fraction of sp³-hybridized carbons (Fsp3) is 0.500. The predicted octanol–water partition coefficient (Wildman–Crippen LogP) is 3.03. The van der Waals surface area contributed by atoms with E-state index in [4.69, 9.17) is 4.42 Å². The molecule has 1 saturated carbocycles. The predicted molar refractivity (Wildman–Crippen MR) is 60.0 cm³/mol. The largest absolute Gasteiger partial charge is 0.469 e. The van der Waals surface area contributed by atoms with E-state index in [0.29, 0.717) is 5.92 Å². The lowest BCUT2D eigenvalue weighted by Gasteiger charge is -2.01. The van der Waals surface area contributed by atoms with Gasteiger partial charge in [-0.25, -0.2) is 4.98 Å². The van der Waals surface area contributed by atoms with E-state index in [2.05, 4.69) is 15.2 Å². The maximum Gasteiger partial charge on any atom is 0.184 e. The molecule has 4 nitrogen and oxygen atoms in total. The van der Waals surface area contributed by atoms with Gasteiger partial charge in [0, 0.05) is 5.92 Å². The molecule has 84 valence electrons. The molecule has 4 heteroatoms. The zero-order chi connectivity index (χ0) is 11.0. The van der Waals surface area contributed by atoms with E-state index >= 15 is 0 Å². The van der Waals surface area contributed by atoms with Crippen LogP contribution in [0, 0.1) is 6.92 Å². The summed E-state index contributed by atoms with van der Waals surface area (Å²) in [6.45, 7) is 1.92. The van der Waals surface area contributed by atoms with Crippen LogP contribution in [-0.2, 0) is 0 Å². The van der Waals surface area contributed by atoms with Gasteiger partial charge in [-0.15, -0.1) is 0 Å². The Balaban J connectivity index is 1.87. The lowest BCUT2D eigenvalue weighted by Crippen LogP contribution is -1.94. The highest BCUT2D eigenvalue weighted by molar-refractivity contribution is 5.53. The van der Waals surface area contributed by atoms with Gasteiger partial charge in [0.2, 0.25) is 0 Å². The van der Waals surface area contributed by atoms with Gasteiger partial charge in [0.15, 0.2) is 5.82 Å². The maximum absolute atomic E-state index is 5.26.